The SMILES string of the molecule is O=[N+]([O-])c1ccc2[nH]cnc2c1SCc1ccc(Cl)c(Cl)c1. The predicted molar refractivity (Wildman–Crippen MR) is 88.8 cm³/mol. The van der Waals surface area contributed by atoms with Crippen molar-refractivity contribution in [3.63, 3.8) is 0 Å². The Kier molecular flexibility index (Phi) is 4.24. The van der Waals surface area contributed by atoms with Crippen molar-refractivity contribution in [1.82, 2.24) is 9.97 Å². The maximum Gasteiger partial charge on any atom is 0.285 e. The van der Waals surface area contributed by atoms with Gasteiger partial charge in [0.15, 0.2) is 0 Å². The van der Waals surface area contributed by atoms with E-state index in [4.69, 9.17) is 23.2 Å². The number of hydrogen-bond donors (Lipinski definition) is 1. The highest BCUT2D eigenvalue weighted by atomic mass is 35.5. The second kappa shape index (κ2) is 6.16. The lowest BCUT2D eigenvalue weighted by Gasteiger charge is -2.05. The number of benzene rings is 2. The molecule has 0 amide bonds. The van der Waals surface area contributed by atoms with Gasteiger partial charge in [0, 0.05) is 11.8 Å². The van der Waals surface area contributed by atoms with E-state index in [-0.39, 0.29) is 5.69 Å². The Bertz CT molecular complexity index is 866. The average Bonchev–Trinajstić information content (AvgIpc) is 2.96. The summed E-state index contributed by atoms with van der Waals surface area (Å²) in [6, 6.07) is 8.45. The monoisotopic (exact) mass is 353 g/mol. The van der Waals surface area contributed by atoms with Gasteiger partial charge in [-0.2, -0.15) is 0 Å². The molecule has 2 aromatic carbocycles. The topological polar surface area (TPSA) is 71.8 Å². The maximum atomic E-state index is 11.2. The van der Waals surface area contributed by atoms with E-state index in [1.165, 1.54) is 24.2 Å². The highest BCUT2D eigenvalue weighted by Crippen LogP contribution is 2.37. The zero-order valence-electron chi connectivity index (χ0n) is 11.0. The first-order valence-electron chi connectivity index (χ1n) is 6.23. The molecule has 3 aromatic rings. The molecule has 0 saturated heterocycles. The lowest BCUT2D eigenvalue weighted by molar-refractivity contribution is -0.387. The summed E-state index contributed by atoms with van der Waals surface area (Å²) in [6.07, 6.45) is 1.53. The first-order valence-corrected chi connectivity index (χ1v) is 7.97. The minimum absolute atomic E-state index is 0.0460. The normalized spacial score (nSPS) is 11.0. The van der Waals surface area contributed by atoms with Crippen molar-refractivity contribution in [3.8, 4) is 0 Å². The van der Waals surface area contributed by atoms with Gasteiger partial charge >= 0.3 is 0 Å². The van der Waals surface area contributed by atoms with Crippen molar-refractivity contribution in [3.05, 3.63) is 62.4 Å². The summed E-state index contributed by atoms with van der Waals surface area (Å²) in [5, 5.41) is 12.2. The number of fused-ring (bicyclic) bond motifs is 1. The van der Waals surface area contributed by atoms with Crippen LogP contribution in [0.5, 0.6) is 0 Å². The molecule has 3 rings (SSSR count). The third kappa shape index (κ3) is 2.90. The van der Waals surface area contributed by atoms with Gasteiger partial charge in [-0.15, -0.1) is 11.8 Å². The van der Waals surface area contributed by atoms with Crippen LogP contribution in [-0.4, -0.2) is 14.9 Å². The Morgan fingerprint density at radius 2 is 2.05 bits per heavy atom. The zero-order valence-corrected chi connectivity index (χ0v) is 13.4. The van der Waals surface area contributed by atoms with E-state index >= 15 is 0 Å². The molecule has 112 valence electrons. The molecule has 0 unspecified atom stereocenters. The third-order valence-electron chi connectivity index (χ3n) is 3.09. The summed E-state index contributed by atoms with van der Waals surface area (Å²) in [6.45, 7) is 0. The molecule has 0 saturated carbocycles. The second-order valence-corrected chi connectivity index (χ2v) is 6.31. The predicted octanol–water partition coefficient (Wildman–Crippen LogP) is 5.07. The van der Waals surface area contributed by atoms with Gasteiger partial charge in [0.05, 0.1) is 26.8 Å². The van der Waals surface area contributed by atoms with Crippen LogP contribution in [0, 0.1) is 10.1 Å². The van der Waals surface area contributed by atoms with Gasteiger partial charge < -0.3 is 4.98 Å². The van der Waals surface area contributed by atoms with Crippen LogP contribution < -0.4 is 0 Å². The molecule has 0 aliphatic rings. The summed E-state index contributed by atoms with van der Waals surface area (Å²) >= 11 is 13.2. The number of nitrogens with zero attached hydrogens (tertiary/aromatic N) is 2. The largest absolute Gasteiger partial charge is 0.345 e. The number of halogens is 2. The molecule has 0 spiro atoms. The van der Waals surface area contributed by atoms with E-state index in [9.17, 15) is 10.1 Å². The van der Waals surface area contributed by atoms with E-state index < -0.39 is 4.92 Å². The summed E-state index contributed by atoms with van der Waals surface area (Å²) in [5.74, 6) is 0.531. The number of nitrogens with one attached hydrogen (secondary N) is 1. The molecule has 0 bridgehead atoms. The number of aromatic amines is 1. The number of rotatable bonds is 4. The van der Waals surface area contributed by atoms with Crippen LogP contribution in [0.15, 0.2) is 41.6 Å². The number of thioether (sulfide) groups is 1. The van der Waals surface area contributed by atoms with Crippen LogP contribution in [0.4, 0.5) is 5.69 Å². The molecule has 8 heteroatoms. The standard InChI is InChI=1S/C14H9Cl2N3O2S/c15-9-2-1-8(5-10(9)16)6-22-14-12(19(20)21)4-3-11-13(14)18-7-17-11/h1-5,7H,6H2,(H,17,18). The third-order valence-corrected chi connectivity index (χ3v) is 5.00. The van der Waals surface area contributed by atoms with Crippen molar-refractivity contribution >= 4 is 51.7 Å². The molecule has 5 nitrogen and oxygen atoms in total. The number of hydrogen-bond acceptors (Lipinski definition) is 4. The molecule has 22 heavy (non-hydrogen) atoms. The Labute approximate surface area is 139 Å². The van der Waals surface area contributed by atoms with Crippen molar-refractivity contribution in [1.29, 1.82) is 0 Å². The average molecular weight is 354 g/mol. The van der Waals surface area contributed by atoms with Crippen molar-refractivity contribution in [2.24, 2.45) is 0 Å². The fourth-order valence-electron chi connectivity index (χ4n) is 2.04. The molecular weight excluding hydrogens is 345 g/mol. The Morgan fingerprint density at radius 1 is 1.23 bits per heavy atom. The van der Waals surface area contributed by atoms with Gasteiger partial charge in [-0.25, -0.2) is 4.98 Å². The lowest BCUT2D eigenvalue weighted by Crippen LogP contribution is -1.92. The van der Waals surface area contributed by atoms with E-state index in [1.54, 1.807) is 18.2 Å². The van der Waals surface area contributed by atoms with Crippen molar-refractivity contribution in [2.45, 2.75) is 10.6 Å². The van der Waals surface area contributed by atoms with Gasteiger partial charge in [0.1, 0.15) is 10.4 Å². The highest BCUT2D eigenvalue weighted by molar-refractivity contribution is 7.98. The molecule has 1 aromatic heterocycles. The molecule has 0 aliphatic carbocycles. The number of imidazole rings is 1. The van der Waals surface area contributed by atoms with E-state index in [1.807, 2.05) is 6.07 Å². The van der Waals surface area contributed by atoms with Crippen LogP contribution >= 0.6 is 35.0 Å². The number of H-pyrrole nitrogens is 1. The first-order chi connectivity index (χ1) is 10.6. The number of nitro groups is 1. The van der Waals surface area contributed by atoms with E-state index in [2.05, 4.69) is 9.97 Å². The van der Waals surface area contributed by atoms with Gasteiger partial charge in [-0.05, 0) is 23.8 Å². The summed E-state index contributed by atoms with van der Waals surface area (Å²) in [4.78, 5) is 18.5. The fourth-order valence-corrected chi connectivity index (χ4v) is 3.44. The van der Waals surface area contributed by atoms with Gasteiger partial charge in [-0.3, -0.25) is 10.1 Å². The van der Waals surface area contributed by atoms with Crippen LogP contribution in [-0.2, 0) is 5.75 Å². The Balaban J connectivity index is 1.95. The summed E-state index contributed by atoms with van der Waals surface area (Å²) in [5.41, 5.74) is 2.34. The van der Waals surface area contributed by atoms with Crippen LogP contribution in [0.2, 0.25) is 10.0 Å². The molecule has 1 N–H and O–H groups in total. The summed E-state index contributed by atoms with van der Waals surface area (Å²) < 4.78 is 0. The Morgan fingerprint density at radius 3 is 2.77 bits per heavy atom. The molecule has 0 atom stereocenters. The first kappa shape index (κ1) is 15.1. The second-order valence-electron chi connectivity index (χ2n) is 4.51. The zero-order chi connectivity index (χ0) is 15.7. The van der Waals surface area contributed by atoms with Crippen LogP contribution in [0.1, 0.15) is 5.56 Å². The van der Waals surface area contributed by atoms with Crippen LogP contribution in [0.25, 0.3) is 11.0 Å². The highest BCUT2D eigenvalue weighted by Gasteiger charge is 2.19. The maximum absolute atomic E-state index is 11.2. The fraction of sp³-hybridized carbons (Fsp3) is 0.0714. The lowest BCUT2D eigenvalue weighted by atomic mass is 10.2. The number of aromatic nitrogens is 2. The molecule has 0 fully saturated rings. The molecular formula is C14H9Cl2N3O2S. The molecule has 0 aliphatic heterocycles. The quantitative estimate of drug-likeness (QED) is 0.403. The molecule has 1 heterocycles. The minimum atomic E-state index is -0.398. The van der Waals surface area contributed by atoms with Gasteiger partial charge in [-0.1, -0.05) is 29.3 Å². The summed E-state index contributed by atoms with van der Waals surface area (Å²) in [7, 11) is 0. The minimum Gasteiger partial charge on any atom is -0.345 e. The van der Waals surface area contributed by atoms with Crippen molar-refractivity contribution < 1.29 is 4.92 Å². The van der Waals surface area contributed by atoms with Gasteiger partial charge in [0.2, 0.25) is 0 Å². The van der Waals surface area contributed by atoms with E-state index in [0.717, 1.165) is 11.1 Å². The van der Waals surface area contributed by atoms with Crippen LogP contribution in [0.3, 0.4) is 0 Å². The van der Waals surface area contributed by atoms with Gasteiger partial charge in [0.25, 0.3) is 5.69 Å². The van der Waals surface area contributed by atoms with Crippen molar-refractivity contribution in [2.75, 3.05) is 0 Å². The Hall–Kier alpha value is -1.76. The number of nitro benzene ring substituents is 1. The smallest absolute Gasteiger partial charge is 0.285 e. The molecule has 0 radical (unpaired) electrons. The van der Waals surface area contributed by atoms with E-state index in [0.29, 0.717) is 26.2 Å².